The zero-order valence-electron chi connectivity index (χ0n) is 12.5. The SMILES string of the molecule is c1ccc(Cn2nc(-c3ccccc3)c3c2CCNC3)cc1. The number of fused-ring (bicyclic) bond motifs is 1. The van der Waals surface area contributed by atoms with Gasteiger partial charge >= 0.3 is 0 Å². The van der Waals surface area contributed by atoms with Gasteiger partial charge in [0.2, 0.25) is 0 Å². The van der Waals surface area contributed by atoms with Crippen LogP contribution in [0.1, 0.15) is 16.8 Å². The Labute approximate surface area is 130 Å². The van der Waals surface area contributed by atoms with Crippen LogP contribution in [-0.4, -0.2) is 16.3 Å². The first kappa shape index (κ1) is 13.3. The summed E-state index contributed by atoms with van der Waals surface area (Å²) in [7, 11) is 0. The summed E-state index contributed by atoms with van der Waals surface area (Å²) in [6.45, 7) is 2.78. The molecule has 1 N–H and O–H groups in total. The molecule has 0 radical (unpaired) electrons. The van der Waals surface area contributed by atoms with Crippen molar-refractivity contribution in [2.24, 2.45) is 0 Å². The van der Waals surface area contributed by atoms with Crippen molar-refractivity contribution < 1.29 is 0 Å². The van der Waals surface area contributed by atoms with Crippen LogP contribution >= 0.6 is 0 Å². The summed E-state index contributed by atoms with van der Waals surface area (Å²) in [6, 6.07) is 21.1. The van der Waals surface area contributed by atoms with Gasteiger partial charge in [-0.3, -0.25) is 4.68 Å². The number of rotatable bonds is 3. The molecule has 0 fully saturated rings. The molecule has 0 saturated heterocycles. The average Bonchev–Trinajstić information content (AvgIpc) is 2.96. The maximum Gasteiger partial charge on any atom is 0.0971 e. The van der Waals surface area contributed by atoms with Gasteiger partial charge < -0.3 is 5.32 Å². The summed E-state index contributed by atoms with van der Waals surface area (Å²) < 4.78 is 2.19. The van der Waals surface area contributed by atoms with Gasteiger partial charge in [-0.2, -0.15) is 5.10 Å². The smallest absolute Gasteiger partial charge is 0.0971 e. The highest BCUT2D eigenvalue weighted by Crippen LogP contribution is 2.28. The van der Waals surface area contributed by atoms with E-state index in [1.165, 1.54) is 22.4 Å². The van der Waals surface area contributed by atoms with E-state index in [0.717, 1.165) is 31.7 Å². The van der Waals surface area contributed by atoms with Crippen LogP contribution in [0.2, 0.25) is 0 Å². The standard InChI is InChI=1S/C19H19N3/c1-3-7-15(8-4-1)14-22-18-11-12-20-13-17(18)19(21-22)16-9-5-2-6-10-16/h1-10,20H,11-14H2. The van der Waals surface area contributed by atoms with Gasteiger partial charge in [-0.15, -0.1) is 0 Å². The fourth-order valence-electron chi connectivity index (χ4n) is 3.13. The highest BCUT2D eigenvalue weighted by molar-refractivity contribution is 5.64. The van der Waals surface area contributed by atoms with E-state index in [2.05, 4.69) is 70.7 Å². The molecule has 110 valence electrons. The van der Waals surface area contributed by atoms with Crippen LogP contribution in [0.15, 0.2) is 60.7 Å². The molecule has 22 heavy (non-hydrogen) atoms. The van der Waals surface area contributed by atoms with Crippen LogP contribution in [-0.2, 0) is 19.5 Å². The minimum absolute atomic E-state index is 0.843. The quantitative estimate of drug-likeness (QED) is 0.802. The summed E-state index contributed by atoms with van der Waals surface area (Å²) in [6.07, 6.45) is 1.04. The van der Waals surface area contributed by atoms with E-state index >= 15 is 0 Å². The molecule has 3 heteroatoms. The topological polar surface area (TPSA) is 29.9 Å². The maximum atomic E-state index is 4.93. The predicted octanol–water partition coefficient (Wildman–Crippen LogP) is 3.24. The molecule has 4 rings (SSSR count). The van der Waals surface area contributed by atoms with Crippen molar-refractivity contribution in [2.75, 3.05) is 6.54 Å². The van der Waals surface area contributed by atoms with Crippen LogP contribution in [0.5, 0.6) is 0 Å². The van der Waals surface area contributed by atoms with E-state index in [-0.39, 0.29) is 0 Å². The predicted molar refractivity (Wildman–Crippen MR) is 88.6 cm³/mol. The number of nitrogens with one attached hydrogen (secondary N) is 1. The molecule has 0 spiro atoms. The fourth-order valence-corrected chi connectivity index (χ4v) is 3.13. The van der Waals surface area contributed by atoms with Gasteiger partial charge in [0.05, 0.1) is 12.2 Å². The molecule has 1 aromatic heterocycles. The Morgan fingerprint density at radius 1 is 0.955 bits per heavy atom. The van der Waals surface area contributed by atoms with Crippen molar-refractivity contribution >= 4 is 0 Å². The lowest BCUT2D eigenvalue weighted by atomic mass is 10.0. The Balaban J connectivity index is 1.78. The van der Waals surface area contributed by atoms with Gasteiger partial charge in [0, 0.05) is 36.3 Å². The molecule has 0 unspecified atom stereocenters. The van der Waals surface area contributed by atoms with E-state index in [4.69, 9.17) is 5.10 Å². The first-order chi connectivity index (χ1) is 10.9. The summed E-state index contributed by atoms with van der Waals surface area (Å²) in [4.78, 5) is 0. The molecular weight excluding hydrogens is 270 g/mol. The molecule has 0 amide bonds. The number of aromatic nitrogens is 2. The lowest BCUT2D eigenvalue weighted by Gasteiger charge is -2.15. The average molecular weight is 289 g/mol. The van der Waals surface area contributed by atoms with Gasteiger partial charge in [0.25, 0.3) is 0 Å². The number of hydrogen-bond acceptors (Lipinski definition) is 2. The summed E-state index contributed by atoms with van der Waals surface area (Å²) in [5.41, 5.74) is 6.36. The number of nitrogens with zero attached hydrogens (tertiary/aromatic N) is 2. The molecule has 0 bridgehead atoms. The van der Waals surface area contributed by atoms with E-state index in [1.807, 2.05) is 0 Å². The summed E-state index contributed by atoms with van der Waals surface area (Å²) in [5.74, 6) is 0. The van der Waals surface area contributed by atoms with Crippen LogP contribution in [0, 0.1) is 0 Å². The summed E-state index contributed by atoms with van der Waals surface area (Å²) in [5, 5.41) is 8.41. The lowest BCUT2D eigenvalue weighted by Crippen LogP contribution is -2.25. The molecule has 0 aliphatic carbocycles. The van der Waals surface area contributed by atoms with Crippen LogP contribution < -0.4 is 5.32 Å². The second-order valence-corrected chi connectivity index (χ2v) is 5.71. The minimum Gasteiger partial charge on any atom is -0.312 e. The first-order valence-electron chi connectivity index (χ1n) is 7.80. The molecule has 0 atom stereocenters. The Morgan fingerprint density at radius 3 is 2.45 bits per heavy atom. The molecule has 3 aromatic rings. The lowest BCUT2D eigenvalue weighted by molar-refractivity contribution is 0.582. The molecule has 2 heterocycles. The third-order valence-corrected chi connectivity index (χ3v) is 4.23. The largest absolute Gasteiger partial charge is 0.312 e. The number of hydrogen-bond donors (Lipinski definition) is 1. The summed E-state index contributed by atoms with van der Waals surface area (Å²) >= 11 is 0. The highest BCUT2D eigenvalue weighted by Gasteiger charge is 2.21. The molecule has 3 nitrogen and oxygen atoms in total. The van der Waals surface area contributed by atoms with Gasteiger partial charge in [0.1, 0.15) is 0 Å². The van der Waals surface area contributed by atoms with Crippen molar-refractivity contribution in [1.82, 2.24) is 15.1 Å². The van der Waals surface area contributed by atoms with Crippen molar-refractivity contribution in [3.8, 4) is 11.3 Å². The van der Waals surface area contributed by atoms with Crippen molar-refractivity contribution in [2.45, 2.75) is 19.5 Å². The third-order valence-electron chi connectivity index (χ3n) is 4.23. The monoisotopic (exact) mass is 289 g/mol. The fraction of sp³-hybridized carbons (Fsp3) is 0.211. The molecular formula is C19H19N3. The molecule has 1 aliphatic heterocycles. The molecule has 0 saturated carbocycles. The third kappa shape index (κ3) is 2.44. The van der Waals surface area contributed by atoms with Gasteiger partial charge in [-0.1, -0.05) is 60.7 Å². The van der Waals surface area contributed by atoms with Gasteiger partial charge in [-0.25, -0.2) is 0 Å². The Morgan fingerprint density at radius 2 is 1.68 bits per heavy atom. The van der Waals surface area contributed by atoms with Crippen molar-refractivity contribution in [3.05, 3.63) is 77.5 Å². The van der Waals surface area contributed by atoms with Gasteiger partial charge in [0.15, 0.2) is 0 Å². The van der Waals surface area contributed by atoms with Crippen LogP contribution in [0.3, 0.4) is 0 Å². The molecule has 2 aromatic carbocycles. The van der Waals surface area contributed by atoms with E-state index in [0.29, 0.717) is 0 Å². The normalized spacial score (nSPS) is 13.8. The second kappa shape index (κ2) is 5.78. The van der Waals surface area contributed by atoms with Gasteiger partial charge in [-0.05, 0) is 5.56 Å². The second-order valence-electron chi connectivity index (χ2n) is 5.71. The van der Waals surface area contributed by atoms with E-state index in [9.17, 15) is 0 Å². The maximum absolute atomic E-state index is 4.93. The van der Waals surface area contributed by atoms with Crippen molar-refractivity contribution in [1.29, 1.82) is 0 Å². The van der Waals surface area contributed by atoms with Crippen LogP contribution in [0.25, 0.3) is 11.3 Å². The van der Waals surface area contributed by atoms with E-state index in [1.54, 1.807) is 0 Å². The van der Waals surface area contributed by atoms with Crippen molar-refractivity contribution in [3.63, 3.8) is 0 Å². The Bertz CT molecular complexity index is 760. The highest BCUT2D eigenvalue weighted by atomic mass is 15.3. The Hall–Kier alpha value is -2.39. The number of benzene rings is 2. The zero-order chi connectivity index (χ0) is 14.8. The van der Waals surface area contributed by atoms with E-state index < -0.39 is 0 Å². The first-order valence-corrected chi connectivity index (χ1v) is 7.80. The Kier molecular flexibility index (Phi) is 3.49. The molecule has 1 aliphatic rings. The minimum atomic E-state index is 0.843. The zero-order valence-corrected chi connectivity index (χ0v) is 12.5. The van der Waals surface area contributed by atoms with Crippen LogP contribution in [0.4, 0.5) is 0 Å².